The van der Waals surface area contributed by atoms with Crippen LogP contribution in [0.3, 0.4) is 0 Å². The average Bonchev–Trinajstić information content (AvgIpc) is 3.07. The third-order valence-electron chi connectivity index (χ3n) is 8.40. The summed E-state index contributed by atoms with van der Waals surface area (Å²) in [5.74, 6) is 0. The molecule has 1 aromatic heterocycles. The summed E-state index contributed by atoms with van der Waals surface area (Å²) in [6.07, 6.45) is 18.2. The van der Waals surface area contributed by atoms with Crippen LogP contribution in [0, 0.1) is 0 Å². The minimum absolute atomic E-state index is 1.05. The lowest BCUT2D eigenvalue weighted by Gasteiger charge is -2.20. The fraction of sp³-hybridized carbons (Fsp3) is 0.0732. The molecule has 43 heavy (non-hydrogen) atoms. The van der Waals surface area contributed by atoms with Gasteiger partial charge in [0.15, 0.2) is 0 Å². The zero-order valence-electron chi connectivity index (χ0n) is 24.3. The van der Waals surface area contributed by atoms with Gasteiger partial charge in [0.2, 0.25) is 0 Å². The Morgan fingerprint density at radius 2 is 1.33 bits per heavy atom. The van der Waals surface area contributed by atoms with E-state index in [1.54, 1.807) is 12.3 Å². The number of fused-ring (bicyclic) bond motifs is 3. The van der Waals surface area contributed by atoms with Crippen molar-refractivity contribution in [1.29, 1.82) is 0 Å². The van der Waals surface area contributed by atoms with E-state index < -0.39 is 0 Å². The van der Waals surface area contributed by atoms with E-state index in [1.807, 2.05) is 18.6 Å². The van der Waals surface area contributed by atoms with Crippen molar-refractivity contribution < 1.29 is 0 Å². The van der Waals surface area contributed by atoms with Gasteiger partial charge in [-0.3, -0.25) is 9.98 Å². The van der Waals surface area contributed by atoms with Gasteiger partial charge in [0.1, 0.15) is 0 Å². The summed E-state index contributed by atoms with van der Waals surface area (Å²) >= 11 is 0. The maximum Gasteiger partial charge on any atom is 0.0349 e. The van der Waals surface area contributed by atoms with Gasteiger partial charge < -0.3 is 0 Å². The molecule has 2 heteroatoms. The van der Waals surface area contributed by atoms with Gasteiger partial charge in [0.05, 0.1) is 0 Å². The molecule has 0 spiro atoms. The Balaban J connectivity index is 1.52. The third kappa shape index (κ3) is 4.71. The monoisotopic (exact) mass is 552 g/mol. The number of hydrogen-bond donors (Lipinski definition) is 0. The second-order valence-electron chi connectivity index (χ2n) is 11.0. The Hall–Kier alpha value is -5.34. The van der Waals surface area contributed by atoms with Crippen LogP contribution in [0.1, 0.15) is 30.9 Å². The summed E-state index contributed by atoms with van der Waals surface area (Å²) < 4.78 is 0. The summed E-state index contributed by atoms with van der Waals surface area (Å²) in [6, 6.07) is 33.3. The first-order valence-corrected chi connectivity index (χ1v) is 14.8. The van der Waals surface area contributed by atoms with Crippen molar-refractivity contribution in [3.63, 3.8) is 0 Å². The highest BCUT2D eigenvalue weighted by Gasteiger charge is 2.19. The molecule has 206 valence electrons. The highest BCUT2D eigenvalue weighted by atomic mass is 14.7. The molecular weight excluding hydrogens is 520 g/mol. The smallest absolute Gasteiger partial charge is 0.0349 e. The van der Waals surface area contributed by atoms with Gasteiger partial charge in [0, 0.05) is 30.4 Å². The molecule has 0 N–H and O–H groups in total. The third-order valence-corrected chi connectivity index (χ3v) is 8.40. The summed E-state index contributed by atoms with van der Waals surface area (Å²) in [5, 5.41) is 7.58. The number of aromatic nitrogens is 1. The van der Waals surface area contributed by atoms with Crippen molar-refractivity contribution in [3.05, 3.63) is 152 Å². The molecule has 0 radical (unpaired) electrons. The quantitative estimate of drug-likeness (QED) is 0.149. The van der Waals surface area contributed by atoms with Crippen LogP contribution in [0.4, 0.5) is 0 Å². The topological polar surface area (TPSA) is 25.2 Å². The van der Waals surface area contributed by atoms with Gasteiger partial charge in [-0.05, 0) is 97.1 Å². The first kappa shape index (κ1) is 26.6. The van der Waals surface area contributed by atoms with Gasteiger partial charge >= 0.3 is 0 Å². The van der Waals surface area contributed by atoms with Crippen LogP contribution in [0.5, 0.6) is 0 Å². The van der Waals surface area contributed by atoms with Crippen molar-refractivity contribution in [2.45, 2.75) is 19.8 Å². The lowest BCUT2D eigenvalue weighted by Crippen LogP contribution is -1.95. The number of allylic oxidation sites excluding steroid dienone is 6. The Morgan fingerprint density at radius 1 is 0.698 bits per heavy atom. The van der Waals surface area contributed by atoms with Crippen molar-refractivity contribution in [1.82, 2.24) is 4.98 Å². The molecule has 5 aromatic carbocycles. The first-order chi connectivity index (χ1) is 21.3. The molecule has 6 aromatic rings. The normalized spacial score (nSPS) is 13.7. The molecule has 0 atom stereocenters. The molecule has 0 fully saturated rings. The van der Waals surface area contributed by atoms with Crippen molar-refractivity contribution in [2.24, 2.45) is 4.99 Å². The number of aliphatic imine (C=N–C) groups is 1. The molecule has 0 amide bonds. The average molecular weight is 553 g/mol. The summed E-state index contributed by atoms with van der Waals surface area (Å²) in [7, 11) is 0. The number of rotatable bonds is 6. The number of benzene rings is 5. The highest BCUT2D eigenvalue weighted by Crippen LogP contribution is 2.45. The van der Waals surface area contributed by atoms with Gasteiger partial charge in [-0.25, -0.2) is 0 Å². The summed E-state index contributed by atoms with van der Waals surface area (Å²) in [4.78, 5) is 8.83. The number of hydrogen-bond acceptors (Lipinski definition) is 2. The molecule has 1 aliphatic rings. The Kier molecular flexibility index (Phi) is 7.10. The van der Waals surface area contributed by atoms with Gasteiger partial charge in [-0.15, -0.1) is 0 Å². The molecule has 1 aliphatic carbocycles. The number of nitrogens with zero attached hydrogens (tertiary/aromatic N) is 2. The van der Waals surface area contributed by atoms with Crippen LogP contribution in [-0.4, -0.2) is 11.2 Å². The summed E-state index contributed by atoms with van der Waals surface area (Å²) in [5.41, 5.74) is 9.60. The predicted octanol–water partition coefficient (Wildman–Crippen LogP) is 11.2. The van der Waals surface area contributed by atoms with E-state index in [0.717, 1.165) is 29.5 Å². The minimum Gasteiger partial charge on any atom is -0.264 e. The van der Waals surface area contributed by atoms with Crippen LogP contribution >= 0.6 is 0 Å². The van der Waals surface area contributed by atoms with Gasteiger partial charge in [-0.2, -0.15) is 0 Å². The van der Waals surface area contributed by atoms with Crippen LogP contribution < -0.4 is 0 Å². The van der Waals surface area contributed by atoms with E-state index >= 15 is 0 Å². The largest absolute Gasteiger partial charge is 0.264 e. The van der Waals surface area contributed by atoms with Crippen LogP contribution in [0.2, 0.25) is 0 Å². The molecule has 0 aliphatic heterocycles. The van der Waals surface area contributed by atoms with E-state index in [9.17, 15) is 0 Å². The van der Waals surface area contributed by atoms with Gasteiger partial charge in [0.25, 0.3) is 0 Å². The second kappa shape index (κ2) is 11.5. The van der Waals surface area contributed by atoms with E-state index in [0.29, 0.717) is 0 Å². The molecule has 1 heterocycles. The standard InChI is InChI=1S/C41H32N2/c1-3-24-42-26-28(2)39-27-43-25-23-33(39)31-19-11-21-32-30(31)20-12-22-34(32)41-37-17-9-7-15-35(37)40(29-13-5-4-6-14-29)36-16-8-10-18-38(36)41/h3,5,7-27H,1,4,6H2,2H3/b28-26+,42-24?. The minimum atomic E-state index is 1.05. The van der Waals surface area contributed by atoms with Gasteiger partial charge in [-0.1, -0.05) is 116 Å². The summed E-state index contributed by atoms with van der Waals surface area (Å²) in [6.45, 7) is 5.81. The highest BCUT2D eigenvalue weighted by molar-refractivity contribution is 6.22. The molecule has 0 saturated heterocycles. The van der Waals surface area contributed by atoms with Crippen molar-refractivity contribution in [3.8, 4) is 22.3 Å². The maximum atomic E-state index is 4.46. The molecule has 0 unspecified atom stereocenters. The number of pyridine rings is 1. The lowest BCUT2D eigenvalue weighted by molar-refractivity contribution is 1.04. The zero-order chi connectivity index (χ0) is 29.2. The fourth-order valence-electron chi connectivity index (χ4n) is 6.52. The maximum absolute atomic E-state index is 4.46. The van der Waals surface area contributed by atoms with Crippen LogP contribution in [0.15, 0.2) is 145 Å². The fourth-order valence-corrected chi connectivity index (χ4v) is 6.52. The SMILES string of the molecule is C=CC=N/C=C(\C)c1cnccc1-c1cccc2c(-c3c4ccccc4c(C4=CCCC=C4)c4ccccc34)cccc12. The Labute approximate surface area is 252 Å². The van der Waals surface area contributed by atoms with E-state index in [-0.39, 0.29) is 0 Å². The molecular formula is C41H32N2. The Morgan fingerprint density at radius 3 is 1.98 bits per heavy atom. The van der Waals surface area contributed by atoms with E-state index in [1.165, 1.54) is 60.1 Å². The predicted molar refractivity (Wildman–Crippen MR) is 186 cm³/mol. The zero-order valence-corrected chi connectivity index (χ0v) is 24.3. The molecule has 2 nitrogen and oxygen atoms in total. The lowest BCUT2D eigenvalue weighted by atomic mass is 9.83. The first-order valence-electron chi connectivity index (χ1n) is 14.8. The second-order valence-corrected chi connectivity index (χ2v) is 11.0. The molecule has 7 rings (SSSR count). The van der Waals surface area contributed by atoms with Crippen molar-refractivity contribution >= 4 is 49.7 Å². The van der Waals surface area contributed by atoms with Crippen molar-refractivity contribution in [2.75, 3.05) is 0 Å². The molecule has 0 saturated carbocycles. The Bertz CT molecular complexity index is 2100. The van der Waals surface area contributed by atoms with E-state index in [2.05, 4.69) is 133 Å². The van der Waals surface area contributed by atoms with E-state index in [4.69, 9.17) is 0 Å². The van der Waals surface area contributed by atoms with Crippen LogP contribution in [-0.2, 0) is 0 Å². The van der Waals surface area contributed by atoms with Crippen LogP contribution in [0.25, 0.3) is 65.7 Å². The molecule has 0 bridgehead atoms.